The minimum absolute atomic E-state index is 0.00351. The molecule has 1 aliphatic rings. The van der Waals surface area contributed by atoms with E-state index in [1.807, 2.05) is 6.07 Å². The molecule has 134 valence electrons. The maximum absolute atomic E-state index is 14.9. The molecule has 0 aliphatic carbocycles. The van der Waals surface area contributed by atoms with Gasteiger partial charge in [-0.1, -0.05) is 11.6 Å². The molecule has 1 saturated heterocycles. The van der Waals surface area contributed by atoms with Crippen LogP contribution in [0, 0.1) is 0 Å². The lowest BCUT2D eigenvalue weighted by molar-refractivity contribution is 0.0110. The van der Waals surface area contributed by atoms with Gasteiger partial charge in [-0.05, 0) is 39.3 Å². The van der Waals surface area contributed by atoms with Crippen LogP contribution in [0.4, 0.5) is 9.18 Å². The van der Waals surface area contributed by atoms with Crippen molar-refractivity contribution < 1.29 is 13.9 Å². The van der Waals surface area contributed by atoms with Crippen LogP contribution in [0.25, 0.3) is 10.8 Å². The van der Waals surface area contributed by atoms with E-state index in [1.54, 1.807) is 39.2 Å². The fourth-order valence-electron chi connectivity index (χ4n) is 3.06. The number of rotatable bonds is 1. The number of aromatic nitrogens is 2. The Morgan fingerprint density at radius 1 is 1.40 bits per heavy atom. The smallest absolute Gasteiger partial charge is 0.410 e. The minimum atomic E-state index is -1.22. The van der Waals surface area contributed by atoms with Crippen molar-refractivity contribution in [3.63, 3.8) is 0 Å². The zero-order chi connectivity index (χ0) is 18.2. The van der Waals surface area contributed by atoms with Crippen molar-refractivity contribution in [2.75, 3.05) is 13.1 Å². The Morgan fingerprint density at radius 2 is 2.16 bits per heavy atom. The van der Waals surface area contributed by atoms with Gasteiger partial charge in [0.1, 0.15) is 16.9 Å². The standard InChI is InChI=1S/C18H21ClFN3O2/c1-18(2,3)25-17(24)23-7-5-12(14(20)10-23)16-13-8-15(19)22-9-11(13)4-6-21-16/h4,6,8-9,12,14H,5,7,10H2,1-3H3/t12-,14-/m1/s1. The van der Waals surface area contributed by atoms with Crippen LogP contribution < -0.4 is 0 Å². The first-order valence-electron chi connectivity index (χ1n) is 8.27. The maximum Gasteiger partial charge on any atom is 0.410 e. The van der Waals surface area contributed by atoms with Gasteiger partial charge in [0, 0.05) is 35.6 Å². The minimum Gasteiger partial charge on any atom is -0.444 e. The molecule has 0 aromatic carbocycles. The summed E-state index contributed by atoms with van der Waals surface area (Å²) in [5.41, 5.74) is 0.0684. The Bertz CT molecular complexity index is 793. The SMILES string of the molecule is CC(C)(C)OC(=O)N1CC[C@@H](c2nccc3cnc(Cl)cc23)[C@H](F)C1. The summed E-state index contributed by atoms with van der Waals surface area (Å²) in [5.74, 6) is -0.388. The quantitative estimate of drug-likeness (QED) is 0.705. The van der Waals surface area contributed by atoms with E-state index in [9.17, 15) is 9.18 Å². The summed E-state index contributed by atoms with van der Waals surface area (Å²) in [4.78, 5) is 22.0. The third-order valence-corrected chi connectivity index (χ3v) is 4.40. The average Bonchev–Trinajstić information content (AvgIpc) is 2.53. The van der Waals surface area contributed by atoms with Gasteiger partial charge in [0.15, 0.2) is 0 Å². The molecule has 1 fully saturated rings. The molecule has 1 amide bonds. The van der Waals surface area contributed by atoms with Gasteiger partial charge in [0.25, 0.3) is 0 Å². The Kier molecular flexibility index (Phi) is 4.82. The largest absolute Gasteiger partial charge is 0.444 e. The molecule has 1 aliphatic heterocycles. The number of halogens is 2. The van der Waals surface area contributed by atoms with Gasteiger partial charge in [-0.2, -0.15) is 0 Å². The number of carbonyl (C=O) groups is 1. The number of ether oxygens (including phenoxy) is 1. The fourth-order valence-corrected chi connectivity index (χ4v) is 3.22. The van der Waals surface area contributed by atoms with Crippen molar-refractivity contribution in [2.24, 2.45) is 0 Å². The number of piperidine rings is 1. The highest BCUT2D eigenvalue weighted by Gasteiger charge is 2.35. The fraction of sp³-hybridized carbons (Fsp3) is 0.500. The predicted molar refractivity (Wildman–Crippen MR) is 94.6 cm³/mol. The number of likely N-dealkylation sites (tertiary alicyclic amines) is 1. The number of alkyl halides is 1. The van der Waals surface area contributed by atoms with Crippen LogP contribution in [0.15, 0.2) is 24.5 Å². The third kappa shape index (κ3) is 4.00. The van der Waals surface area contributed by atoms with E-state index < -0.39 is 17.9 Å². The lowest BCUT2D eigenvalue weighted by Gasteiger charge is -2.35. The molecule has 2 aromatic heterocycles. The Labute approximate surface area is 151 Å². The van der Waals surface area contributed by atoms with Crippen LogP contribution in [0.5, 0.6) is 0 Å². The molecule has 0 radical (unpaired) electrons. The first kappa shape index (κ1) is 17.9. The number of nitrogens with zero attached hydrogens (tertiary/aromatic N) is 3. The van der Waals surface area contributed by atoms with E-state index in [4.69, 9.17) is 16.3 Å². The van der Waals surface area contributed by atoms with E-state index in [-0.39, 0.29) is 12.5 Å². The third-order valence-electron chi connectivity index (χ3n) is 4.19. The number of carbonyl (C=O) groups excluding carboxylic acids is 1. The summed E-state index contributed by atoms with van der Waals surface area (Å²) >= 11 is 5.99. The van der Waals surface area contributed by atoms with Crippen molar-refractivity contribution in [1.82, 2.24) is 14.9 Å². The summed E-state index contributed by atoms with van der Waals surface area (Å²) < 4.78 is 20.2. The molecule has 0 saturated carbocycles. The zero-order valence-corrected chi connectivity index (χ0v) is 15.3. The highest BCUT2D eigenvalue weighted by Crippen LogP contribution is 2.34. The molecule has 0 N–H and O–H groups in total. The monoisotopic (exact) mass is 365 g/mol. The summed E-state index contributed by atoms with van der Waals surface area (Å²) in [6.45, 7) is 5.81. The molecule has 0 unspecified atom stereocenters. The van der Waals surface area contributed by atoms with Gasteiger partial charge >= 0.3 is 6.09 Å². The number of amides is 1. The average molecular weight is 366 g/mol. The van der Waals surface area contributed by atoms with E-state index in [2.05, 4.69) is 9.97 Å². The molecule has 0 bridgehead atoms. The van der Waals surface area contributed by atoms with E-state index >= 15 is 0 Å². The molecule has 2 atom stereocenters. The Hall–Kier alpha value is -1.95. The van der Waals surface area contributed by atoms with Gasteiger partial charge in [0.2, 0.25) is 0 Å². The van der Waals surface area contributed by atoms with Crippen LogP contribution in [-0.2, 0) is 4.74 Å². The molecule has 5 nitrogen and oxygen atoms in total. The summed E-state index contributed by atoms with van der Waals surface area (Å²) in [6, 6.07) is 3.54. The van der Waals surface area contributed by atoms with Crippen molar-refractivity contribution in [1.29, 1.82) is 0 Å². The van der Waals surface area contributed by atoms with E-state index in [0.717, 1.165) is 10.8 Å². The highest BCUT2D eigenvalue weighted by molar-refractivity contribution is 6.30. The van der Waals surface area contributed by atoms with Crippen LogP contribution in [0.3, 0.4) is 0 Å². The molecule has 25 heavy (non-hydrogen) atoms. The molecule has 2 aromatic rings. The van der Waals surface area contributed by atoms with Crippen LogP contribution >= 0.6 is 11.6 Å². The molecule has 7 heteroatoms. The highest BCUT2D eigenvalue weighted by atomic mass is 35.5. The molecular formula is C18H21ClFN3O2. The summed E-state index contributed by atoms with van der Waals surface area (Å²) in [5, 5.41) is 2.03. The molecule has 3 rings (SSSR count). The zero-order valence-electron chi connectivity index (χ0n) is 14.5. The van der Waals surface area contributed by atoms with Crippen LogP contribution in [0.1, 0.15) is 38.8 Å². The van der Waals surface area contributed by atoms with Crippen molar-refractivity contribution in [3.05, 3.63) is 35.4 Å². The summed E-state index contributed by atoms with van der Waals surface area (Å²) in [6.07, 6.45) is 2.09. The van der Waals surface area contributed by atoms with Gasteiger partial charge in [0.05, 0.1) is 12.2 Å². The molecular weight excluding hydrogens is 345 g/mol. The van der Waals surface area contributed by atoms with E-state index in [0.29, 0.717) is 23.8 Å². The Balaban J connectivity index is 1.81. The maximum atomic E-state index is 14.9. The topological polar surface area (TPSA) is 55.3 Å². The number of hydrogen-bond donors (Lipinski definition) is 0. The van der Waals surface area contributed by atoms with Crippen molar-refractivity contribution >= 4 is 28.5 Å². The molecule has 3 heterocycles. The summed E-state index contributed by atoms with van der Waals surface area (Å²) in [7, 11) is 0. The first-order chi connectivity index (χ1) is 11.7. The second-order valence-corrected chi connectivity index (χ2v) is 7.65. The van der Waals surface area contributed by atoms with Gasteiger partial charge in [-0.3, -0.25) is 4.98 Å². The van der Waals surface area contributed by atoms with Crippen molar-refractivity contribution in [2.45, 2.75) is 44.9 Å². The first-order valence-corrected chi connectivity index (χ1v) is 8.64. The Morgan fingerprint density at radius 3 is 2.84 bits per heavy atom. The number of pyridine rings is 2. The van der Waals surface area contributed by atoms with Crippen molar-refractivity contribution in [3.8, 4) is 0 Å². The number of hydrogen-bond acceptors (Lipinski definition) is 4. The lowest BCUT2D eigenvalue weighted by atomic mass is 9.89. The predicted octanol–water partition coefficient (Wildman–Crippen LogP) is 4.35. The van der Waals surface area contributed by atoms with Crippen LogP contribution in [0.2, 0.25) is 5.15 Å². The van der Waals surface area contributed by atoms with Gasteiger partial charge in [-0.25, -0.2) is 14.2 Å². The number of fused-ring (bicyclic) bond motifs is 1. The lowest BCUT2D eigenvalue weighted by Crippen LogP contribution is -2.46. The second kappa shape index (κ2) is 6.75. The van der Waals surface area contributed by atoms with Gasteiger partial charge < -0.3 is 9.64 Å². The van der Waals surface area contributed by atoms with Crippen LogP contribution in [-0.4, -0.2) is 45.8 Å². The molecule has 0 spiro atoms. The second-order valence-electron chi connectivity index (χ2n) is 7.26. The van der Waals surface area contributed by atoms with Gasteiger partial charge in [-0.15, -0.1) is 0 Å². The van der Waals surface area contributed by atoms with E-state index in [1.165, 1.54) is 4.90 Å². The normalized spacial score (nSPS) is 21.4.